The lowest BCUT2D eigenvalue weighted by molar-refractivity contribution is -0.128. The van der Waals surface area contributed by atoms with Crippen LogP contribution < -0.4 is 14.8 Å². The first-order chi connectivity index (χ1) is 13.5. The van der Waals surface area contributed by atoms with Crippen LogP contribution in [-0.4, -0.2) is 55.6 Å². The van der Waals surface area contributed by atoms with Crippen molar-refractivity contribution >= 4 is 11.9 Å². The van der Waals surface area contributed by atoms with E-state index in [1.54, 1.807) is 38.3 Å². The number of nitrogens with one attached hydrogen (secondary N) is 1. The van der Waals surface area contributed by atoms with Gasteiger partial charge in [-0.15, -0.1) is 0 Å². The molecule has 3 amide bonds. The van der Waals surface area contributed by atoms with Gasteiger partial charge in [0.25, 0.3) is 5.91 Å². The Morgan fingerprint density at radius 2 is 1.82 bits per heavy atom. The maximum atomic E-state index is 13.4. The molecule has 1 N–H and O–H groups in total. The van der Waals surface area contributed by atoms with E-state index in [0.717, 1.165) is 36.9 Å². The van der Waals surface area contributed by atoms with E-state index in [4.69, 9.17) is 9.47 Å². The number of urea groups is 1. The Hall–Kier alpha value is -2.70. The van der Waals surface area contributed by atoms with Crippen LogP contribution >= 0.6 is 0 Å². The summed E-state index contributed by atoms with van der Waals surface area (Å²) in [5.74, 6) is 1.29. The van der Waals surface area contributed by atoms with Crippen molar-refractivity contribution in [1.29, 1.82) is 0 Å². The average molecular weight is 385 g/mol. The predicted octanol–water partition coefficient (Wildman–Crippen LogP) is 2.83. The Bertz CT molecular complexity index is 829. The first-order valence-corrected chi connectivity index (χ1v) is 9.85. The maximum absolute atomic E-state index is 13.4. The summed E-state index contributed by atoms with van der Waals surface area (Å²) in [6.45, 7) is 0.492. The van der Waals surface area contributed by atoms with Gasteiger partial charge in [-0.25, -0.2) is 4.79 Å². The monoisotopic (exact) mass is 385 g/mol. The fraction of sp³-hybridized carbons (Fsp3) is 0.524. The molecule has 0 spiro atoms. The fourth-order valence-electron chi connectivity index (χ4n) is 4.57. The summed E-state index contributed by atoms with van der Waals surface area (Å²) in [6, 6.07) is 4.92. The van der Waals surface area contributed by atoms with Gasteiger partial charge < -0.3 is 19.7 Å². The van der Waals surface area contributed by atoms with Gasteiger partial charge in [0.1, 0.15) is 11.5 Å². The molecule has 1 atom stereocenters. The molecule has 1 saturated carbocycles. The number of carbonyl (C=O) groups is 2. The Labute approximate surface area is 165 Å². The standard InChI is InChI=1S/C21H27N3O4/c1-23-16-12-24(13-7-5-4-6-8-13)20(25)18(16)19(22-21(23)26)15-11-14(27-2)9-10-17(15)28-3/h9-11,13,19H,4-8,12H2,1-3H3,(H,22,26)/t19-/m0/s1. The second-order valence-corrected chi connectivity index (χ2v) is 7.63. The molecular formula is C21H27N3O4. The van der Waals surface area contributed by atoms with E-state index in [1.807, 2.05) is 11.0 Å². The highest BCUT2D eigenvalue weighted by Crippen LogP contribution is 2.41. The minimum absolute atomic E-state index is 0.0172. The lowest BCUT2D eigenvalue weighted by atomic mass is 9.93. The number of benzene rings is 1. The molecule has 0 bridgehead atoms. The van der Waals surface area contributed by atoms with E-state index in [-0.39, 0.29) is 18.0 Å². The number of hydrogen-bond donors (Lipinski definition) is 1. The van der Waals surface area contributed by atoms with E-state index >= 15 is 0 Å². The third kappa shape index (κ3) is 2.99. The van der Waals surface area contributed by atoms with E-state index < -0.39 is 6.04 Å². The molecule has 0 saturated heterocycles. The van der Waals surface area contributed by atoms with Crippen molar-refractivity contribution in [2.45, 2.75) is 44.2 Å². The second kappa shape index (κ2) is 7.37. The fourth-order valence-corrected chi connectivity index (χ4v) is 4.57. The summed E-state index contributed by atoms with van der Waals surface area (Å²) in [7, 11) is 4.90. The third-order valence-corrected chi connectivity index (χ3v) is 6.15. The molecule has 28 heavy (non-hydrogen) atoms. The lowest BCUT2D eigenvalue weighted by Gasteiger charge is -2.31. The van der Waals surface area contributed by atoms with Crippen molar-refractivity contribution in [2.24, 2.45) is 0 Å². The van der Waals surface area contributed by atoms with Crippen LogP contribution in [-0.2, 0) is 4.79 Å². The van der Waals surface area contributed by atoms with Gasteiger partial charge >= 0.3 is 6.03 Å². The SMILES string of the molecule is COc1ccc(OC)c([C@@H]2NC(=O)N(C)C3=C2C(=O)N(C2CCCCC2)C3)c1. The van der Waals surface area contributed by atoms with Crippen LogP contribution in [0.1, 0.15) is 43.7 Å². The number of rotatable bonds is 4. The highest BCUT2D eigenvalue weighted by atomic mass is 16.5. The van der Waals surface area contributed by atoms with Gasteiger partial charge in [0, 0.05) is 18.7 Å². The summed E-state index contributed by atoms with van der Waals surface area (Å²) in [5, 5.41) is 2.98. The minimum atomic E-state index is -0.551. The molecule has 2 heterocycles. The molecular weight excluding hydrogens is 358 g/mol. The number of methoxy groups -OCH3 is 2. The number of hydrogen-bond acceptors (Lipinski definition) is 4. The molecule has 0 unspecified atom stereocenters. The van der Waals surface area contributed by atoms with E-state index in [1.165, 1.54) is 6.42 Å². The normalized spacial score (nSPS) is 23.0. The minimum Gasteiger partial charge on any atom is -0.497 e. The van der Waals surface area contributed by atoms with Crippen LogP contribution in [0.25, 0.3) is 0 Å². The average Bonchev–Trinajstić information content (AvgIpc) is 3.08. The van der Waals surface area contributed by atoms with Crippen LogP contribution in [0.4, 0.5) is 4.79 Å². The van der Waals surface area contributed by atoms with Crippen LogP contribution in [0.15, 0.2) is 29.5 Å². The number of carbonyl (C=O) groups excluding carboxylic acids is 2. The predicted molar refractivity (Wildman–Crippen MR) is 104 cm³/mol. The smallest absolute Gasteiger partial charge is 0.322 e. The Morgan fingerprint density at radius 1 is 1.07 bits per heavy atom. The van der Waals surface area contributed by atoms with Crippen molar-refractivity contribution < 1.29 is 19.1 Å². The highest BCUT2D eigenvalue weighted by Gasteiger charge is 2.45. The molecule has 7 nitrogen and oxygen atoms in total. The van der Waals surface area contributed by atoms with Crippen LogP contribution in [0.5, 0.6) is 11.5 Å². The van der Waals surface area contributed by atoms with Gasteiger partial charge in [-0.2, -0.15) is 0 Å². The van der Waals surface area contributed by atoms with E-state index in [9.17, 15) is 9.59 Å². The summed E-state index contributed by atoms with van der Waals surface area (Å²) in [6.07, 6.45) is 5.60. The first-order valence-electron chi connectivity index (χ1n) is 9.85. The quantitative estimate of drug-likeness (QED) is 0.865. The van der Waals surface area contributed by atoms with Crippen molar-refractivity contribution in [3.8, 4) is 11.5 Å². The Balaban J connectivity index is 1.75. The van der Waals surface area contributed by atoms with Crippen molar-refractivity contribution in [3.63, 3.8) is 0 Å². The zero-order chi connectivity index (χ0) is 19.8. The third-order valence-electron chi connectivity index (χ3n) is 6.15. The molecule has 4 rings (SSSR count). The zero-order valence-electron chi connectivity index (χ0n) is 16.7. The van der Waals surface area contributed by atoms with Gasteiger partial charge in [0.15, 0.2) is 0 Å². The molecule has 0 aromatic heterocycles. The summed E-state index contributed by atoms with van der Waals surface area (Å²) in [5.41, 5.74) is 2.16. The maximum Gasteiger partial charge on any atom is 0.322 e. The molecule has 150 valence electrons. The number of likely N-dealkylation sites (N-methyl/N-ethyl adjacent to an activating group) is 1. The van der Waals surface area contributed by atoms with Crippen LogP contribution in [0.2, 0.25) is 0 Å². The molecule has 0 radical (unpaired) electrons. The lowest BCUT2D eigenvalue weighted by Crippen LogP contribution is -2.45. The summed E-state index contributed by atoms with van der Waals surface area (Å²) >= 11 is 0. The summed E-state index contributed by atoms with van der Waals surface area (Å²) in [4.78, 5) is 29.6. The van der Waals surface area contributed by atoms with Crippen molar-refractivity contribution in [3.05, 3.63) is 35.0 Å². The first kappa shape index (κ1) is 18.7. The molecule has 2 aliphatic heterocycles. The molecule has 1 fully saturated rings. The molecule has 1 aromatic carbocycles. The Morgan fingerprint density at radius 3 is 2.50 bits per heavy atom. The topological polar surface area (TPSA) is 71.1 Å². The number of amides is 3. The molecule has 7 heteroatoms. The van der Waals surface area contributed by atoms with E-state index in [0.29, 0.717) is 23.6 Å². The van der Waals surface area contributed by atoms with Crippen molar-refractivity contribution in [1.82, 2.24) is 15.1 Å². The largest absolute Gasteiger partial charge is 0.497 e. The van der Waals surface area contributed by atoms with Crippen molar-refractivity contribution in [2.75, 3.05) is 27.8 Å². The Kier molecular flexibility index (Phi) is 4.91. The van der Waals surface area contributed by atoms with E-state index in [2.05, 4.69) is 5.32 Å². The number of nitrogens with zero attached hydrogens (tertiary/aromatic N) is 2. The van der Waals surface area contributed by atoms with Gasteiger partial charge in [-0.1, -0.05) is 19.3 Å². The van der Waals surface area contributed by atoms with Gasteiger partial charge in [0.2, 0.25) is 0 Å². The van der Waals surface area contributed by atoms with Crippen LogP contribution in [0.3, 0.4) is 0 Å². The van der Waals surface area contributed by atoms with Gasteiger partial charge in [0.05, 0.1) is 38.1 Å². The van der Waals surface area contributed by atoms with Crippen LogP contribution in [0, 0.1) is 0 Å². The second-order valence-electron chi connectivity index (χ2n) is 7.63. The molecule has 3 aliphatic rings. The molecule has 1 aromatic rings. The highest BCUT2D eigenvalue weighted by molar-refractivity contribution is 6.01. The number of ether oxygens (including phenoxy) is 2. The summed E-state index contributed by atoms with van der Waals surface area (Å²) < 4.78 is 10.9. The van der Waals surface area contributed by atoms with Gasteiger partial charge in [-0.3, -0.25) is 9.69 Å². The molecule has 1 aliphatic carbocycles. The van der Waals surface area contributed by atoms with Gasteiger partial charge in [-0.05, 0) is 31.0 Å². The zero-order valence-corrected chi connectivity index (χ0v) is 16.7.